The summed E-state index contributed by atoms with van der Waals surface area (Å²) in [4.78, 5) is 13.9. The first-order valence-electron chi connectivity index (χ1n) is 10.3. The van der Waals surface area contributed by atoms with Crippen molar-refractivity contribution in [3.8, 4) is 16.9 Å². The van der Waals surface area contributed by atoms with Crippen LogP contribution < -0.4 is 0 Å². The number of hydrogen-bond acceptors (Lipinski definition) is 4. The second-order valence-corrected chi connectivity index (χ2v) is 9.56. The van der Waals surface area contributed by atoms with Gasteiger partial charge in [-0.15, -0.1) is 0 Å². The van der Waals surface area contributed by atoms with Gasteiger partial charge in [-0.25, -0.2) is 13.1 Å². The lowest BCUT2D eigenvalue weighted by Crippen LogP contribution is -2.26. The Kier molecular flexibility index (Phi) is 6.56. The number of amides is 1. The number of hydrogen-bond donors (Lipinski definition) is 0. The van der Waals surface area contributed by atoms with Crippen LogP contribution in [0, 0.1) is 0 Å². The molecule has 0 bridgehead atoms. The van der Waals surface area contributed by atoms with Crippen LogP contribution in [-0.4, -0.2) is 41.8 Å². The molecule has 9 heteroatoms. The summed E-state index contributed by atoms with van der Waals surface area (Å²) in [5, 5.41) is 4.73. The molecule has 0 saturated carbocycles. The minimum absolute atomic E-state index is 0.187. The van der Waals surface area contributed by atoms with Crippen molar-refractivity contribution in [3.05, 3.63) is 102 Å². The van der Waals surface area contributed by atoms with Gasteiger partial charge in [-0.05, 0) is 36.4 Å². The van der Waals surface area contributed by atoms with Crippen LogP contribution in [0.1, 0.15) is 15.9 Å². The first-order valence-corrected chi connectivity index (χ1v) is 11.9. The lowest BCUT2D eigenvalue weighted by Gasteiger charge is -2.17. The molecule has 1 heterocycles. The molecule has 0 spiro atoms. The van der Waals surface area contributed by atoms with Crippen molar-refractivity contribution < 1.29 is 22.0 Å². The highest BCUT2D eigenvalue weighted by molar-refractivity contribution is 7.91. The normalized spacial score (nSPS) is 11.5. The number of aromatic nitrogens is 2. The molecule has 0 aliphatic heterocycles. The minimum atomic E-state index is -4.72. The highest BCUT2D eigenvalue weighted by Gasteiger charge is 2.27. The van der Waals surface area contributed by atoms with Crippen molar-refractivity contribution in [3.63, 3.8) is 0 Å². The maximum Gasteiger partial charge on any atom is 0.341 e. The van der Waals surface area contributed by atoms with E-state index in [9.17, 15) is 22.0 Å². The van der Waals surface area contributed by atoms with Crippen molar-refractivity contribution in [2.75, 3.05) is 7.05 Å². The van der Waals surface area contributed by atoms with Crippen molar-refractivity contribution in [1.82, 2.24) is 14.7 Å². The number of nitrogens with zero attached hydrogens (tertiary/aromatic N) is 3. The van der Waals surface area contributed by atoms with Crippen LogP contribution in [0.3, 0.4) is 0 Å². The topological polar surface area (TPSA) is 72.3 Å². The molecule has 174 valence electrons. The van der Waals surface area contributed by atoms with Crippen molar-refractivity contribution in [2.24, 2.45) is 0 Å². The molecule has 0 N–H and O–H groups in total. The molecule has 1 aromatic heterocycles. The average molecular weight is 482 g/mol. The number of rotatable bonds is 7. The molecule has 0 fully saturated rings. The van der Waals surface area contributed by atoms with E-state index in [1.807, 2.05) is 66.9 Å². The van der Waals surface area contributed by atoms with Crippen LogP contribution in [0.15, 0.2) is 96.0 Å². The second-order valence-electron chi connectivity index (χ2n) is 7.64. The molecule has 0 unspecified atom stereocenters. The fourth-order valence-electron chi connectivity index (χ4n) is 3.52. The Balaban J connectivity index is 1.61. The highest BCUT2D eigenvalue weighted by atomic mass is 32.2. The van der Waals surface area contributed by atoms with E-state index in [-0.39, 0.29) is 18.0 Å². The Morgan fingerprint density at radius 3 is 2.12 bits per heavy atom. The van der Waals surface area contributed by atoms with Gasteiger partial charge in [0.1, 0.15) is 0 Å². The average Bonchev–Trinajstić information content (AvgIpc) is 3.28. The van der Waals surface area contributed by atoms with E-state index in [0.29, 0.717) is 0 Å². The summed E-state index contributed by atoms with van der Waals surface area (Å²) in [7, 11) is -3.11. The van der Waals surface area contributed by atoms with Gasteiger partial charge < -0.3 is 4.90 Å². The monoisotopic (exact) mass is 481 g/mol. The van der Waals surface area contributed by atoms with Gasteiger partial charge in [0.15, 0.2) is 0 Å². The second kappa shape index (κ2) is 9.56. The van der Waals surface area contributed by atoms with Crippen LogP contribution in [0.2, 0.25) is 0 Å². The van der Waals surface area contributed by atoms with E-state index >= 15 is 0 Å². The van der Waals surface area contributed by atoms with Crippen molar-refractivity contribution >= 4 is 15.7 Å². The molecular formula is C25H21F2N3O3S. The van der Waals surface area contributed by atoms with E-state index in [1.165, 1.54) is 17.0 Å². The summed E-state index contributed by atoms with van der Waals surface area (Å²) in [6.07, 6.45) is 1.86. The molecule has 4 aromatic rings. The fourth-order valence-corrected chi connectivity index (χ4v) is 4.24. The third-order valence-corrected chi connectivity index (χ3v) is 6.67. The molecule has 6 nitrogen and oxygen atoms in total. The molecular weight excluding hydrogens is 460 g/mol. The predicted molar refractivity (Wildman–Crippen MR) is 124 cm³/mol. The van der Waals surface area contributed by atoms with Gasteiger partial charge in [-0.2, -0.15) is 13.9 Å². The number of alkyl halides is 2. The summed E-state index contributed by atoms with van der Waals surface area (Å²) in [6, 6.07) is 23.7. The molecule has 4 rings (SSSR count). The summed E-state index contributed by atoms with van der Waals surface area (Å²) < 4.78 is 50.5. The van der Waals surface area contributed by atoms with E-state index < -0.39 is 20.5 Å². The predicted octanol–water partition coefficient (Wildman–Crippen LogP) is 4.81. The zero-order chi connectivity index (χ0) is 24.3. The lowest BCUT2D eigenvalue weighted by atomic mass is 10.1. The van der Waals surface area contributed by atoms with E-state index in [2.05, 4.69) is 0 Å². The smallest absolute Gasteiger partial charge is 0.337 e. The highest BCUT2D eigenvalue weighted by Crippen LogP contribution is 2.25. The van der Waals surface area contributed by atoms with Crippen LogP contribution in [0.25, 0.3) is 16.9 Å². The number of carbonyl (C=O) groups is 1. The van der Waals surface area contributed by atoms with E-state index in [1.54, 1.807) is 11.7 Å². The van der Waals surface area contributed by atoms with Gasteiger partial charge in [0.05, 0.1) is 16.3 Å². The fraction of sp³-hybridized carbons (Fsp3) is 0.120. The third kappa shape index (κ3) is 4.74. The van der Waals surface area contributed by atoms with E-state index in [4.69, 9.17) is 5.10 Å². The van der Waals surface area contributed by atoms with Gasteiger partial charge in [0.2, 0.25) is 9.84 Å². The summed E-state index contributed by atoms with van der Waals surface area (Å²) in [5.74, 6) is -3.90. The minimum Gasteiger partial charge on any atom is -0.337 e. The first-order chi connectivity index (χ1) is 16.3. The Hall–Kier alpha value is -3.85. The van der Waals surface area contributed by atoms with E-state index in [0.717, 1.165) is 34.6 Å². The zero-order valence-electron chi connectivity index (χ0n) is 18.2. The maximum absolute atomic E-state index is 13.0. The quantitative estimate of drug-likeness (QED) is 0.380. The van der Waals surface area contributed by atoms with Gasteiger partial charge >= 0.3 is 5.76 Å². The maximum atomic E-state index is 13.0. The number of carbonyl (C=O) groups excluding carboxylic acids is 1. The molecule has 0 radical (unpaired) electrons. The van der Waals surface area contributed by atoms with Gasteiger partial charge in [-0.1, -0.05) is 48.5 Å². The van der Waals surface area contributed by atoms with Crippen LogP contribution in [0.5, 0.6) is 0 Å². The lowest BCUT2D eigenvalue weighted by molar-refractivity contribution is 0.0785. The summed E-state index contributed by atoms with van der Waals surface area (Å²) in [6.45, 7) is 0.229. The molecule has 3 aromatic carbocycles. The number of benzene rings is 3. The number of para-hydroxylation sites is 1. The molecule has 0 saturated heterocycles. The number of sulfone groups is 1. The Bertz CT molecular complexity index is 1390. The van der Waals surface area contributed by atoms with Crippen LogP contribution in [0.4, 0.5) is 8.78 Å². The van der Waals surface area contributed by atoms with Crippen LogP contribution in [-0.2, 0) is 16.4 Å². The third-order valence-electron chi connectivity index (χ3n) is 5.28. The summed E-state index contributed by atoms with van der Waals surface area (Å²) >= 11 is 0. The van der Waals surface area contributed by atoms with Gasteiger partial charge in [-0.3, -0.25) is 4.79 Å². The Labute approximate surface area is 196 Å². The van der Waals surface area contributed by atoms with Crippen molar-refractivity contribution in [2.45, 2.75) is 17.2 Å². The molecule has 1 amide bonds. The molecule has 0 aliphatic carbocycles. The van der Waals surface area contributed by atoms with Crippen LogP contribution >= 0.6 is 0 Å². The number of halogens is 2. The molecule has 34 heavy (non-hydrogen) atoms. The van der Waals surface area contributed by atoms with Gasteiger partial charge in [0.25, 0.3) is 5.91 Å². The largest absolute Gasteiger partial charge is 0.341 e. The molecule has 0 aliphatic rings. The Morgan fingerprint density at radius 1 is 0.941 bits per heavy atom. The summed E-state index contributed by atoms with van der Waals surface area (Å²) in [5.41, 5.74) is 3.49. The first kappa shape index (κ1) is 23.3. The van der Waals surface area contributed by atoms with Gasteiger partial charge in [0, 0.05) is 36.5 Å². The zero-order valence-corrected chi connectivity index (χ0v) is 19.0. The SMILES string of the molecule is CN(Cc1cn(-c2ccccc2)nc1-c1ccccc1)C(=O)c1ccc(S(=O)(=O)C(F)F)cc1. The Morgan fingerprint density at radius 2 is 1.53 bits per heavy atom. The standard InChI is InChI=1S/C25H21F2N3O3S/c1-29(24(31)19-12-14-22(15-13-19)34(32,33)25(26)27)16-20-17-30(21-10-6-3-7-11-21)28-23(20)18-8-4-2-5-9-18/h2-15,17,25H,16H2,1H3. The molecule has 0 atom stereocenters. The van der Waals surface area contributed by atoms with Crippen molar-refractivity contribution in [1.29, 1.82) is 0 Å².